The van der Waals surface area contributed by atoms with Gasteiger partial charge in [-0.05, 0) is 40.5 Å². The van der Waals surface area contributed by atoms with E-state index < -0.39 is 11.9 Å². The lowest BCUT2D eigenvalue weighted by molar-refractivity contribution is -0.140. The number of hydrogen-bond donors (Lipinski definition) is 1. The molecular weight excluding hydrogens is 322 g/mol. The molecule has 0 aromatic rings. The normalized spacial score (nSPS) is 16.7. The van der Waals surface area contributed by atoms with Crippen LogP contribution in [-0.4, -0.2) is 37.0 Å². The molecule has 6 heteroatoms. The Morgan fingerprint density at radius 2 is 1.60 bits per heavy atom. The summed E-state index contributed by atoms with van der Waals surface area (Å²) >= 11 is 0. The quantitative estimate of drug-likeness (QED) is 0.411. The number of Topliss-reactive ketones (excluding diaryl/α,β-unsaturated/α-hetero) is 1. The van der Waals surface area contributed by atoms with Crippen LogP contribution in [0.25, 0.3) is 0 Å². The fourth-order valence-corrected chi connectivity index (χ4v) is 3.02. The smallest absolute Gasteiger partial charge is 0.339 e. The predicted octanol–water partition coefficient (Wildman–Crippen LogP) is 2.82. The van der Waals surface area contributed by atoms with E-state index in [4.69, 9.17) is 9.47 Å². The third kappa shape index (κ3) is 6.72. The second kappa shape index (κ2) is 10.7. The second-order valence-corrected chi connectivity index (χ2v) is 6.07. The van der Waals surface area contributed by atoms with Crippen molar-refractivity contribution >= 4 is 17.7 Å². The van der Waals surface area contributed by atoms with E-state index in [0.29, 0.717) is 5.70 Å². The minimum Gasteiger partial charge on any atom is -0.463 e. The van der Waals surface area contributed by atoms with Crippen molar-refractivity contribution < 1.29 is 23.9 Å². The Balaban J connectivity index is 3.20. The van der Waals surface area contributed by atoms with Crippen LogP contribution in [0.15, 0.2) is 22.9 Å². The monoisotopic (exact) mass is 351 g/mol. The molecule has 1 rings (SSSR count). The summed E-state index contributed by atoms with van der Waals surface area (Å²) in [6, 6.07) is 0.272. The van der Waals surface area contributed by atoms with Gasteiger partial charge in [0.1, 0.15) is 0 Å². The zero-order valence-corrected chi connectivity index (χ0v) is 15.6. The molecular formula is C19H29NO5. The maximum Gasteiger partial charge on any atom is 0.339 e. The van der Waals surface area contributed by atoms with Crippen LogP contribution in [0.5, 0.6) is 0 Å². The van der Waals surface area contributed by atoms with E-state index in [1.54, 1.807) is 20.8 Å². The minimum atomic E-state index is -0.703. The van der Waals surface area contributed by atoms with Crippen LogP contribution >= 0.6 is 0 Å². The molecule has 1 saturated carbocycles. The maximum atomic E-state index is 12.3. The third-order valence-corrected chi connectivity index (χ3v) is 4.07. The van der Waals surface area contributed by atoms with Gasteiger partial charge in [-0.2, -0.15) is 0 Å². The molecule has 0 unspecified atom stereocenters. The highest BCUT2D eigenvalue weighted by Gasteiger charge is 2.25. The van der Waals surface area contributed by atoms with E-state index in [-0.39, 0.29) is 36.2 Å². The van der Waals surface area contributed by atoms with Gasteiger partial charge in [0.2, 0.25) is 0 Å². The Morgan fingerprint density at radius 3 is 2.12 bits per heavy atom. The first-order chi connectivity index (χ1) is 11.9. The van der Waals surface area contributed by atoms with Crippen molar-refractivity contribution in [1.82, 2.24) is 5.32 Å². The van der Waals surface area contributed by atoms with Crippen molar-refractivity contribution in [3.8, 4) is 0 Å². The van der Waals surface area contributed by atoms with Crippen molar-refractivity contribution in [2.75, 3.05) is 13.2 Å². The van der Waals surface area contributed by atoms with Gasteiger partial charge in [-0.15, -0.1) is 0 Å². The van der Waals surface area contributed by atoms with Gasteiger partial charge in [-0.1, -0.05) is 19.3 Å². The fourth-order valence-electron chi connectivity index (χ4n) is 3.02. The Labute approximate surface area is 149 Å². The topological polar surface area (TPSA) is 81.7 Å². The number of ketones is 1. The van der Waals surface area contributed by atoms with Crippen LogP contribution in [-0.2, 0) is 23.9 Å². The van der Waals surface area contributed by atoms with Crippen LogP contribution < -0.4 is 5.32 Å². The molecule has 0 aromatic carbocycles. The minimum absolute atomic E-state index is 0.0615. The lowest BCUT2D eigenvalue weighted by Gasteiger charge is -2.25. The van der Waals surface area contributed by atoms with Crippen molar-refractivity contribution in [3.63, 3.8) is 0 Å². The molecule has 0 aliphatic heterocycles. The molecule has 6 nitrogen and oxygen atoms in total. The van der Waals surface area contributed by atoms with Crippen LogP contribution in [0.2, 0.25) is 0 Å². The summed E-state index contributed by atoms with van der Waals surface area (Å²) in [4.78, 5) is 36.4. The number of ether oxygens (including phenoxy) is 2. The van der Waals surface area contributed by atoms with Gasteiger partial charge < -0.3 is 14.8 Å². The molecule has 0 radical (unpaired) electrons. The van der Waals surface area contributed by atoms with E-state index in [9.17, 15) is 14.4 Å². The molecule has 0 spiro atoms. The third-order valence-electron chi connectivity index (χ3n) is 4.07. The highest BCUT2D eigenvalue weighted by Crippen LogP contribution is 2.22. The van der Waals surface area contributed by atoms with Gasteiger partial charge >= 0.3 is 11.9 Å². The molecule has 0 amide bonds. The van der Waals surface area contributed by atoms with Crippen molar-refractivity contribution in [2.45, 2.75) is 65.8 Å². The van der Waals surface area contributed by atoms with Gasteiger partial charge in [0.25, 0.3) is 0 Å². The standard InChI is InChI=1S/C19H29NO5/c1-5-24-17(22)12-16(19(23)25-6-2)18(14(4)21)13(3)20-15-10-8-7-9-11-15/h12,15,20H,5-11H2,1-4H3/b16-12-,18-13+. The number of hydrogen-bond acceptors (Lipinski definition) is 6. The van der Waals surface area contributed by atoms with Crippen molar-refractivity contribution in [2.24, 2.45) is 0 Å². The summed E-state index contributed by atoms with van der Waals surface area (Å²) in [5.74, 6) is -1.68. The number of allylic oxidation sites excluding steroid dienone is 1. The number of nitrogens with one attached hydrogen (secondary N) is 1. The van der Waals surface area contributed by atoms with Gasteiger partial charge in [-0.25, -0.2) is 9.59 Å². The zero-order chi connectivity index (χ0) is 18.8. The molecule has 1 aliphatic rings. The van der Waals surface area contributed by atoms with E-state index in [1.807, 2.05) is 0 Å². The second-order valence-electron chi connectivity index (χ2n) is 6.07. The molecule has 0 heterocycles. The summed E-state index contributed by atoms with van der Waals surface area (Å²) in [5.41, 5.74) is 0.702. The Kier molecular flexibility index (Phi) is 8.95. The Morgan fingerprint density at radius 1 is 1.00 bits per heavy atom. The predicted molar refractivity (Wildman–Crippen MR) is 94.7 cm³/mol. The first kappa shape index (κ1) is 20.9. The number of esters is 2. The number of carbonyl (C=O) groups excluding carboxylic acids is 3. The Hall–Kier alpha value is -2.11. The zero-order valence-electron chi connectivity index (χ0n) is 15.6. The average Bonchev–Trinajstić information content (AvgIpc) is 2.55. The summed E-state index contributed by atoms with van der Waals surface area (Å²) in [7, 11) is 0. The van der Waals surface area contributed by atoms with Crippen LogP contribution in [0, 0.1) is 0 Å². The highest BCUT2D eigenvalue weighted by atomic mass is 16.5. The van der Waals surface area contributed by atoms with E-state index in [1.165, 1.54) is 13.3 Å². The number of rotatable bonds is 8. The van der Waals surface area contributed by atoms with Crippen LogP contribution in [0.4, 0.5) is 0 Å². The molecule has 1 fully saturated rings. The highest BCUT2D eigenvalue weighted by molar-refractivity contribution is 6.12. The van der Waals surface area contributed by atoms with Gasteiger partial charge in [0.15, 0.2) is 5.78 Å². The summed E-state index contributed by atoms with van der Waals surface area (Å²) in [5, 5.41) is 3.34. The molecule has 0 bridgehead atoms. The van der Waals surface area contributed by atoms with Gasteiger partial charge in [0, 0.05) is 17.8 Å². The van der Waals surface area contributed by atoms with E-state index >= 15 is 0 Å². The molecule has 0 saturated heterocycles. The maximum absolute atomic E-state index is 12.3. The van der Waals surface area contributed by atoms with Crippen LogP contribution in [0.3, 0.4) is 0 Å². The number of carbonyl (C=O) groups is 3. The molecule has 1 N–H and O–H groups in total. The van der Waals surface area contributed by atoms with Crippen molar-refractivity contribution in [1.29, 1.82) is 0 Å². The molecule has 25 heavy (non-hydrogen) atoms. The Bertz CT molecular complexity index is 556. The van der Waals surface area contributed by atoms with Gasteiger partial charge in [-0.3, -0.25) is 4.79 Å². The summed E-state index contributed by atoms with van der Waals surface area (Å²) in [6.45, 7) is 6.81. The summed E-state index contributed by atoms with van der Waals surface area (Å²) in [6.07, 6.45) is 6.60. The van der Waals surface area contributed by atoms with E-state index in [0.717, 1.165) is 31.8 Å². The molecule has 0 atom stereocenters. The lowest BCUT2D eigenvalue weighted by atomic mass is 9.94. The van der Waals surface area contributed by atoms with Gasteiger partial charge in [0.05, 0.1) is 24.4 Å². The largest absolute Gasteiger partial charge is 0.463 e. The fraction of sp³-hybridized carbons (Fsp3) is 0.632. The molecule has 0 aromatic heterocycles. The van der Waals surface area contributed by atoms with Crippen molar-refractivity contribution in [3.05, 3.63) is 22.9 Å². The lowest BCUT2D eigenvalue weighted by Crippen LogP contribution is -2.31. The average molecular weight is 351 g/mol. The molecule has 1 aliphatic carbocycles. The summed E-state index contributed by atoms with van der Waals surface area (Å²) < 4.78 is 9.91. The first-order valence-corrected chi connectivity index (χ1v) is 8.94. The van der Waals surface area contributed by atoms with Crippen LogP contribution in [0.1, 0.15) is 59.8 Å². The SMILES string of the molecule is CCOC(=O)/C=C(C(=O)OCC)/C(C(C)=O)=C(\C)NC1CCCCC1. The van der Waals surface area contributed by atoms with E-state index in [2.05, 4.69) is 5.32 Å². The molecule has 140 valence electrons. The first-order valence-electron chi connectivity index (χ1n) is 8.94.